The highest BCUT2D eigenvalue weighted by Gasteiger charge is 2.53. The fourth-order valence-corrected chi connectivity index (χ4v) is 5.31. The number of carbonyl (C=O) groups excluding carboxylic acids is 5. The van der Waals surface area contributed by atoms with Gasteiger partial charge in [0.25, 0.3) is 5.91 Å². The maximum absolute atomic E-state index is 13.7. The zero-order valence-corrected chi connectivity index (χ0v) is 27.3. The van der Waals surface area contributed by atoms with Crippen molar-refractivity contribution in [1.82, 2.24) is 15.3 Å². The molecule has 0 unspecified atom stereocenters. The Kier molecular flexibility index (Phi) is 11.3. The Morgan fingerprint density at radius 3 is 1.52 bits per heavy atom. The molecule has 52 heavy (non-hydrogen) atoms. The average Bonchev–Trinajstić information content (AvgIpc) is 3.20. The van der Waals surface area contributed by atoms with Gasteiger partial charge in [-0.05, 0) is 60.7 Å². The summed E-state index contributed by atoms with van der Waals surface area (Å²) in [5.41, 5.74) is 0.673. The van der Waals surface area contributed by atoms with Crippen LogP contribution in [0.25, 0.3) is 0 Å². The molecule has 1 aliphatic rings. The predicted molar refractivity (Wildman–Crippen MR) is 182 cm³/mol. The van der Waals surface area contributed by atoms with Gasteiger partial charge < -0.3 is 29.0 Å². The molecule has 0 radical (unpaired) electrons. The van der Waals surface area contributed by atoms with Gasteiger partial charge in [-0.3, -0.25) is 14.8 Å². The molecule has 262 valence electrons. The van der Waals surface area contributed by atoms with E-state index < -0.39 is 67.0 Å². The highest BCUT2D eigenvalue weighted by atomic mass is 16.7. The van der Waals surface area contributed by atoms with E-state index >= 15 is 0 Å². The van der Waals surface area contributed by atoms with Crippen LogP contribution in [0.15, 0.2) is 140 Å². The summed E-state index contributed by atoms with van der Waals surface area (Å²) in [5.74, 6) is -4.02. The number of rotatable bonds is 11. The number of ether oxygens (including phenoxy) is 5. The Balaban J connectivity index is 1.41. The lowest BCUT2D eigenvalue weighted by atomic mass is 9.95. The number of pyridine rings is 2. The second kappa shape index (κ2) is 16.8. The molecule has 3 aromatic carbocycles. The number of nitrogens with one attached hydrogen (secondary N) is 1. The molecule has 3 heterocycles. The maximum Gasteiger partial charge on any atom is 0.342 e. The zero-order chi connectivity index (χ0) is 36.3. The predicted octanol–water partition coefficient (Wildman–Crippen LogP) is 4.47. The van der Waals surface area contributed by atoms with E-state index in [1.165, 1.54) is 67.3 Å². The van der Waals surface area contributed by atoms with Crippen LogP contribution in [0.3, 0.4) is 0 Å². The number of amides is 1. The standard InChI is InChI=1S/C39H31N3O10/c43-34(28-18-10-20-40-22-28)42-31-33(51-37(46)27-16-8-3-9-17-27)32(50-36(45)26-14-6-2-7-15-26)30(24-48-35(44)25-12-4-1-5-13-25)49-39(31)52-38(47)29-19-11-21-41-23-29/h1-23,30-33,39H,24H2,(H,42,43)/t30-,31+,32-,33-,39-/m1/s1. The number of carbonyl (C=O) groups is 5. The van der Waals surface area contributed by atoms with Gasteiger partial charge in [0.2, 0.25) is 6.29 Å². The van der Waals surface area contributed by atoms with Gasteiger partial charge in [-0.25, -0.2) is 19.2 Å². The van der Waals surface area contributed by atoms with Crippen LogP contribution >= 0.6 is 0 Å². The molecule has 0 bridgehead atoms. The van der Waals surface area contributed by atoms with Crippen molar-refractivity contribution in [2.45, 2.75) is 30.6 Å². The summed E-state index contributed by atoms with van der Waals surface area (Å²) in [7, 11) is 0. The number of benzene rings is 3. The third-order valence-corrected chi connectivity index (χ3v) is 7.88. The van der Waals surface area contributed by atoms with Crippen molar-refractivity contribution in [1.29, 1.82) is 0 Å². The molecule has 1 amide bonds. The fraction of sp³-hybridized carbons (Fsp3) is 0.154. The Bertz CT molecular complexity index is 1980. The summed E-state index contributed by atoms with van der Waals surface area (Å²) >= 11 is 0. The second-order valence-corrected chi connectivity index (χ2v) is 11.4. The third-order valence-electron chi connectivity index (χ3n) is 7.88. The van der Waals surface area contributed by atoms with Gasteiger partial charge in [0.1, 0.15) is 18.8 Å². The lowest BCUT2D eigenvalue weighted by molar-refractivity contribution is -0.251. The minimum absolute atomic E-state index is 0.0472. The molecular weight excluding hydrogens is 670 g/mol. The molecule has 6 rings (SSSR count). The van der Waals surface area contributed by atoms with Crippen molar-refractivity contribution in [3.63, 3.8) is 0 Å². The van der Waals surface area contributed by atoms with Crippen LogP contribution in [0, 0.1) is 0 Å². The molecule has 1 saturated heterocycles. The smallest absolute Gasteiger partial charge is 0.342 e. The minimum Gasteiger partial charge on any atom is -0.459 e. The van der Waals surface area contributed by atoms with Crippen LogP contribution in [0.5, 0.6) is 0 Å². The summed E-state index contributed by atoms with van der Waals surface area (Å²) in [5, 5.41) is 2.73. The molecular formula is C39H31N3O10. The zero-order valence-electron chi connectivity index (χ0n) is 27.3. The molecule has 13 nitrogen and oxygen atoms in total. The number of esters is 4. The van der Waals surface area contributed by atoms with Crippen LogP contribution in [0.2, 0.25) is 0 Å². The third kappa shape index (κ3) is 8.70. The van der Waals surface area contributed by atoms with Crippen LogP contribution in [0.4, 0.5) is 0 Å². The van der Waals surface area contributed by atoms with Crippen molar-refractivity contribution < 1.29 is 47.7 Å². The van der Waals surface area contributed by atoms with Crippen LogP contribution in [-0.4, -0.2) is 77.0 Å². The van der Waals surface area contributed by atoms with Crippen molar-refractivity contribution in [2.75, 3.05) is 6.61 Å². The Morgan fingerprint density at radius 1 is 0.538 bits per heavy atom. The van der Waals surface area contributed by atoms with Crippen molar-refractivity contribution in [2.24, 2.45) is 0 Å². The van der Waals surface area contributed by atoms with Gasteiger partial charge in [-0.1, -0.05) is 54.6 Å². The molecule has 0 saturated carbocycles. The average molecular weight is 702 g/mol. The van der Waals surface area contributed by atoms with Gasteiger partial charge in [-0.2, -0.15) is 0 Å². The summed E-state index contributed by atoms with van der Waals surface area (Å²) in [6.07, 6.45) is -0.680. The number of aromatic nitrogens is 2. The molecule has 2 aromatic heterocycles. The van der Waals surface area contributed by atoms with E-state index in [0.717, 1.165) is 0 Å². The van der Waals surface area contributed by atoms with E-state index in [1.54, 1.807) is 72.8 Å². The van der Waals surface area contributed by atoms with Gasteiger partial charge in [0, 0.05) is 24.8 Å². The van der Waals surface area contributed by atoms with Crippen molar-refractivity contribution in [3.05, 3.63) is 168 Å². The Labute approximate surface area is 297 Å². The summed E-state index contributed by atoms with van der Waals surface area (Å²) in [4.78, 5) is 75.4. The monoisotopic (exact) mass is 701 g/mol. The molecule has 1 fully saturated rings. The fourth-order valence-electron chi connectivity index (χ4n) is 5.31. The molecule has 0 spiro atoms. The summed E-state index contributed by atoms with van der Waals surface area (Å²) in [6.45, 7) is -0.552. The second-order valence-electron chi connectivity index (χ2n) is 11.4. The first-order valence-electron chi connectivity index (χ1n) is 16.1. The van der Waals surface area contributed by atoms with Gasteiger partial charge in [0.15, 0.2) is 12.2 Å². The van der Waals surface area contributed by atoms with E-state index in [-0.39, 0.29) is 27.8 Å². The van der Waals surface area contributed by atoms with Crippen molar-refractivity contribution in [3.8, 4) is 0 Å². The van der Waals surface area contributed by atoms with E-state index in [2.05, 4.69) is 15.3 Å². The van der Waals surface area contributed by atoms with E-state index in [1.807, 2.05) is 0 Å². The highest BCUT2D eigenvalue weighted by molar-refractivity contribution is 5.95. The quantitative estimate of drug-likeness (QED) is 0.152. The Morgan fingerprint density at radius 2 is 1.00 bits per heavy atom. The highest BCUT2D eigenvalue weighted by Crippen LogP contribution is 2.30. The number of hydrogen-bond acceptors (Lipinski definition) is 12. The van der Waals surface area contributed by atoms with Gasteiger partial charge in [0.05, 0.1) is 27.8 Å². The SMILES string of the molecule is O=C(N[C@@H]1[C@@H](OC(=O)c2cccnc2)O[C@H](COC(=O)c2ccccc2)[C@@H](OC(=O)c2ccccc2)[C@@H]1OC(=O)c1ccccc1)c1cccnc1. The van der Waals surface area contributed by atoms with Crippen LogP contribution < -0.4 is 5.32 Å². The molecule has 1 N–H and O–H groups in total. The number of hydrogen-bond donors (Lipinski definition) is 1. The number of nitrogens with zero attached hydrogens (tertiary/aromatic N) is 2. The van der Waals surface area contributed by atoms with E-state index in [4.69, 9.17) is 23.7 Å². The normalized spacial score (nSPS) is 19.3. The first kappa shape index (κ1) is 35.1. The maximum atomic E-state index is 13.7. The molecule has 13 heteroatoms. The topological polar surface area (TPSA) is 169 Å². The molecule has 5 aromatic rings. The van der Waals surface area contributed by atoms with Gasteiger partial charge >= 0.3 is 23.9 Å². The Hall–Kier alpha value is -6.73. The molecule has 1 aliphatic heterocycles. The van der Waals surface area contributed by atoms with Crippen molar-refractivity contribution >= 4 is 29.8 Å². The van der Waals surface area contributed by atoms with Crippen LogP contribution in [-0.2, 0) is 23.7 Å². The summed E-state index contributed by atoms with van der Waals surface area (Å²) in [6, 6.07) is 28.6. The summed E-state index contributed by atoms with van der Waals surface area (Å²) < 4.78 is 29.7. The molecule has 5 atom stereocenters. The van der Waals surface area contributed by atoms with E-state index in [9.17, 15) is 24.0 Å². The van der Waals surface area contributed by atoms with E-state index in [0.29, 0.717) is 0 Å². The molecule has 0 aliphatic carbocycles. The first-order valence-corrected chi connectivity index (χ1v) is 16.1. The minimum atomic E-state index is -1.69. The first-order chi connectivity index (χ1) is 25.4. The largest absolute Gasteiger partial charge is 0.459 e. The lowest BCUT2D eigenvalue weighted by Gasteiger charge is -2.44. The van der Waals surface area contributed by atoms with Crippen LogP contribution in [0.1, 0.15) is 51.8 Å². The van der Waals surface area contributed by atoms with Gasteiger partial charge in [-0.15, -0.1) is 0 Å². The lowest BCUT2D eigenvalue weighted by Crippen LogP contribution is -2.67.